The molecule has 0 aromatic heterocycles. The Balaban J connectivity index is 2.31. The van der Waals surface area contributed by atoms with Gasteiger partial charge in [0.25, 0.3) is 5.91 Å². The minimum absolute atomic E-state index is 0.0299. The van der Waals surface area contributed by atoms with Gasteiger partial charge in [0.05, 0.1) is 0 Å². The molecule has 1 N–H and O–H groups in total. The van der Waals surface area contributed by atoms with Crippen LogP contribution in [-0.4, -0.2) is 17.6 Å². The molecule has 21 heavy (non-hydrogen) atoms. The highest BCUT2D eigenvalue weighted by Crippen LogP contribution is 2.21. The van der Waals surface area contributed by atoms with Crippen LogP contribution in [-0.2, 0) is 0 Å². The zero-order valence-corrected chi connectivity index (χ0v) is 12.5. The number of rotatable bonds is 5. The van der Waals surface area contributed by atoms with E-state index in [-0.39, 0.29) is 11.7 Å². The molecule has 0 unspecified atom stereocenters. The van der Waals surface area contributed by atoms with E-state index in [2.05, 4.69) is 6.92 Å². The number of benzene rings is 2. The SMILES string of the molecule is CCCCN(C(=O)c1ccc(O)c(C)c1)c1ccccc1. The minimum atomic E-state index is -0.0299. The fourth-order valence-electron chi connectivity index (χ4n) is 2.22. The third-order valence-corrected chi connectivity index (χ3v) is 3.49. The number of hydrogen-bond donors (Lipinski definition) is 1. The highest BCUT2D eigenvalue weighted by atomic mass is 16.3. The Morgan fingerprint density at radius 1 is 1.14 bits per heavy atom. The lowest BCUT2D eigenvalue weighted by molar-refractivity contribution is 0.0986. The Morgan fingerprint density at radius 3 is 2.48 bits per heavy atom. The molecule has 0 saturated carbocycles. The number of amides is 1. The molecular weight excluding hydrogens is 262 g/mol. The first-order valence-corrected chi connectivity index (χ1v) is 7.30. The van der Waals surface area contributed by atoms with Gasteiger partial charge in [-0.15, -0.1) is 0 Å². The summed E-state index contributed by atoms with van der Waals surface area (Å²) < 4.78 is 0. The van der Waals surface area contributed by atoms with E-state index in [1.807, 2.05) is 30.3 Å². The topological polar surface area (TPSA) is 40.5 Å². The van der Waals surface area contributed by atoms with Gasteiger partial charge in [-0.2, -0.15) is 0 Å². The van der Waals surface area contributed by atoms with E-state index >= 15 is 0 Å². The van der Waals surface area contributed by atoms with Gasteiger partial charge in [0.1, 0.15) is 5.75 Å². The number of carbonyl (C=O) groups is 1. The van der Waals surface area contributed by atoms with Crippen LogP contribution in [0.2, 0.25) is 0 Å². The van der Waals surface area contributed by atoms with Crippen LogP contribution in [0.5, 0.6) is 5.75 Å². The standard InChI is InChI=1S/C18H21NO2/c1-3-4-12-19(16-8-6-5-7-9-16)18(21)15-10-11-17(20)14(2)13-15/h5-11,13,20H,3-4,12H2,1-2H3. The van der Waals surface area contributed by atoms with Crippen molar-refractivity contribution >= 4 is 11.6 Å². The Kier molecular flexibility index (Phi) is 4.99. The molecular formula is C18H21NO2. The van der Waals surface area contributed by atoms with Gasteiger partial charge < -0.3 is 10.0 Å². The number of anilines is 1. The van der Waals surface area contributed by atoms with Gasteiger partial charge in [-0.1, -0.05) is 31.5 Å². The zero-order valence-electron chi connectivity index (χ0n) is 12.5. The van der Waals surface area contributed by atoms with E-state index in [0.717, 1.165) is 18.5 Å². The van der Waals surface area contributed by atoms with Crippen LogP contribution in [0, 0.1) is 6.92 Å². The Bertz CT molecular complexity index is 608. The molecule has 2 aromatic rings. The van der Waals surface area contributed by atoms with Crippen molar-refractivity contribution in [2.75, 3.05) is 11.4 Å². The number of para-hydroxylation sites is 1. The van der Waals surface area contributed by atoms with E-state index < -0.39 is 0 Å². The lowest BCUT2D eigenvalue weighted by atomic mass is 10.1. The smallest absolute Gasteiger partial charge is 0.258 e. The molecule has 0 bridgehead atoms. The van der Waals surface area contributed by atoms with Gasteiger partial charge in [-0.05, 0) is 49.2 Å². The number of phenols is 1. The third kappa shape index (κ3) is 3.63. The van der Waals surface area contributed by atoms with Crippen molar-refractivity contribution in [3.05, 3.63) is 59.7 Å². The molecule has 0 aliphatic carbocycles. The predicted octanol–water partition coefficient (Wildman–Crippen LogP) is 4.15. The molecule has 0 atom stereocenters. The van der Waals surface area contributed by atoms with Crippen LogP contribution in [0.25, 0.3) is 0 Å². The van der Waals surface area contributed by atoms with E-state index in [1.54, 1.807) is 30.0 Å². The summed E-state index contributed by atoms with van der Waals surface area (Å²) in [5.41, 5.74) is 2.22. The van der Waals surface area contributed by atoms with Gasteiger partial charge in [0, 0.05) is 17.8 Å². The summed E-state index contributed by atoms with van der Waals surface area (Å²) in [6, 6.07) is 14.7. The van der Waals surface area contributed by atoms with E-state index in [9.17, 15) is 9.90 Å². The highest BCUT2D eigenvalue weighted by Gasteiger charge is 2.17. The second-order valence-electron chi connectivity index (χ2n) is 5.15. The largest absolute Gasteiger partial charge is 0.508 e. The maximum Gasteiger partial charge on any atom is 0.258 e. The van der Waals surface area contributed by atoms with Gasteiger partial charge in [-0.3, -0.25) is 4.79 Å². The van der Waals surface area contributed by atoms with Crippen molar-refractivity contribution in [3.8, 4) is 5.75 Å². The summed E-state index contributed by atoms with van der Waals surface area (Å²) in [7, 11) is 0. The van der Waals surface area contributed by atoms with Crippen molar-refractivity contribution in [2.24, 2.45) is 0 Å². The molecule has 0 aliphatic heterocycles. The maximum absolute atomic E-state index is 12.8. The molecule has 2 aromatic carbocycles. The summed E-state index contributed by atoms with van der Waals surface area (Å²) in [4.78, 5) is 14.6. The maximum atomic E-state index is 12.8. The Hall–Kier alpha value is -2.29. The lowest BCUT2D eigenvalue weighted by Crippen LogP contribution is -2.31. The molecule has 0 spiro atoms. The van der Waals surface area contributed by atoms with Crippen LogP contribution in [0.4, 0.5) is 5.69 Å². The molecule has 110 valence electrons. The fraction of sp³-hybridized carbons (Fsp3) is 0.278. The number of aromatic hydroxyl groups is 1. The molecule has 0 fully saturated rings. The summed E-state index contributed by atoms with van der Waals surface area (Å²) in [6.45, 7) is 4.60. The molecule has 0 saturated heterocycles. The second kappa shape index (κ2) is 6.93. The molecule has 0 aliphatic rings. The number of nitrogens with zero attached hydrogens (tertiary/aromatic N) is 1. The number of carbonyl (C=O) groups excluding carboxylic acids is 1. The fourth-order valence-corrected chi connectivity index (χ4v) is 2.22. The van der Waals surface area contributed by atoms with Crippen LogP contribution >= 0.6 is 0 Å². The molecule has 0 heterocycles. The summed E-state index contributed by atoms with van der Waals surface area (Å²) >= 11 is 0. The zero-order chi connectivity index (χ0) is 15.2. The first-order valence-electron chi connectivity index (χ1n) is 7.30. The normalized spacial score (nSPS) is 10.4. The van der Waals surface area contributed by atoms with Crippen molar-refractivity contribution in [2.45, 2.75) is 26.7 Å². The predicted molar refractivity (Wildman–Crippen MR) is 85.9 cm³/mol. The summed E-state index contributed by atoms with van der Waals surface area (Å²) in [5.74, 6) is 0.184. The molecule has 2 rings (SSSR count). The van der Waals surface area contributed by atoms with Crippen LogP contribution in [0.3, 0.4) is 0 Å². The molecule has 1 amide bonds. The first-order chi connectivity index (χ1) is 10.1. The average Bonchev–Trinajstić information content (AvgIpc) is 2.51. The Labute approximate surface area is 125 Å². The van der Waals surface area contributed by atoms with E-state index in [4.69, 9.17) is 0 Å². The van der Waals surface area contributed by atoms with E-state index in [1.165, 1.54) is 0 Å². The molecule has 0 radical (unpaired) electrons. The lowest BCUT2D eigenvalue weighted by Gasteiger charge is -2.23. The van der Waals surface area contributed by atoms with Crippen molar-refractivity contribution < 1.29 is 9.90 Å². The van der Waals surface area contributed by atoms with Crippen LogP contribution < -0.4 is 4.90 Å². The monoisotopic (exact) mass is 283 g/mol. The van der Waals surface area contributed by atoms with Crippen molar-refractivity contribution in [3.63, 3.8) is 0 Å². The first kappa shape index (κ1) is 15.1. The van der Waals surface area contributed by atoms with Crippen molar-refractivity contribution in [1.82, 2.24) is 0 Å². The van der Waals surface area contributed by atoms with Gasteiger partial charge >= 0.3 is 0 Å². The highest BCUT2D eigenvalue weighted by molar-refractivity contribution is 6.06. The van der Waals surface area contributed by atoms with Crippen LogP contribution in [0.15, 0.2) is 48.5 Å². The van der Waals surface area contributed by atoms with Crippen molar-refractivity contribution in [1.29, 1.82) is 0 Å². The molecule has 3 nitrogen and oxygen atoms in total. The van der Waals surface area contributed by atoms with Gasteiger partial charge in [0.15, 0.2) is 0 Å². The summed E-state index contributed by atoms with van der Waals surface area (Å²) in [5, 5.41) is 9.60. The number of phenolic OH excluding ortho intramolecular Hbond substituents is 1. The van der Waals surface area contributed by atoms with Gasteiger partial charge in [-0.25, -0.2) is 0 Å². The average molecular weight is 283 g/mol. The third-order valence-electron chi connectivity index (χ3n) is 3.49. The number of aryl methyl sites for hydroxylation is 1. The molecule has 3 heteroatoms. The Morgan fingerprint density at radius 2 is 1.86 bits per heavy atom. The minimum Gasteiger partial charge on any atom is -0.508 e. The second-order valence-corrected chi connectivity index (χ2v) is 5.15. The van der Waals surface area contributed by atoms with Gasteiger partial charge in [0.2, 0.25) is 0 Å². The summed E-state index contributed by atoms with van der Waals surface area (Å²) in [6.07, 6.45) is 1.99. The van der Waals surface area contributed by atoms with Crippen LogP contribution in [0.1, 0.15) is 35.7 Å². The van der Waals surface area contributed by atoms with E-state index in [0.29, 0.717) is 17.7 Å². The number of unbranched alkanes of at least 4 members (excludes halogenated alkanes) is 1. The quantitative estimate of drug-likeness (QED) is 0.895. The number of hydrogen-bond acceptors (Lipinski definition) is 2.